The van der Waals surface area contributed by atoms with Crippen molar-refractivity contribution in [1.29, 1.82) is 0 Å². The van der Waals surface area contributed by atoms with E-state index in [1.165, 1.54) is 17.7 Å². The van der Waals surface area contributed by atoms with Gasteiger partial charge in [0.05, 0.1) is 12.0 Å². The Labute approximate surface area is 168 Å². The molecule has 0 unspecified atom stereocenters. The first-order valence-electron chi connectivity index (χ1n) is 9.35. The van der Waals surface area contributed by atoms with Crippen LogP contribution in [0.3, 0.4) is 0 Å². The van der Waals surface area contributed by atoms with Gasteiger partial charge in [0.25, 0.3) is 9.84 Å². The van der Waals surface area contributed by atoms with Gasteiger partial charge in [-0.2, -0.15) is 13.2 Å². The summed E-state index contributed by atoms with van der Waals surface area (Å²) in [6, 6.07) is 11.1. The number of allylic oxidation sites excluding steroid dienone is 2. The second-order valence-corrected chi connectivity index (χ2v) is 9.91. The van der Waals surface area contributed by atoms with E-state index in [0.29, 0.717) is 0 Å². The molecule has 7 heteroatoms. The minimum Gasteiger partial charge on any atom is -0.496 e. The molecule has 2 aliphatic rings. The summed E-state index contributed by atoms with van der Waals surface area (Å²) in [5.41, 5.74) is 0.0792. The van der Waals surface area contributed by atoms with Gasteiger partial charge in [0.2, 0.25) is 0 Å². The van der Waals surface area contributed by atoms with Crippen molar-refractivity contribution in [2.24, 2.45) is 5.41 Å². The van der Waals surface area contributed by atoms with Gasteiger partial charge in [0.1, 0.15) is 5.75 Å². The van der Waals surface area contributed by atoms with E-state index in [1.54, 1.807) is 7.11 Å². The number of aryl methyl sites for hydroxylation is 1. The van der Waals surface area contributed by atoms with E-state index in [9.17, 15) is 21.6 Å². The first-order valence-corrected chi connectivity index (χ1v) is 10.8. The molecular weight excluding hydrogens is 401 g/mol. The lowest BCUT2D eigenvalue weighted by Gasteiger charge is -2.12. The second kappa shape index (κ2) is 6.62. The third-order valence-electron chi connectivity index (χ3n) is 5.99. The molecule has 2 aromatic carbocycles. The zero-order valence-electron chi connectivity index (χ0n) is 16.1. The summed E-state index contributed by atoms with van der Waals surface area (Å²) in [5.74, 6) is 0.803. The molecule has 1 fully saturated rings. The number of rotatable bonds is 4. The maximum Gasteiger partial charge on any atom is 0.501 e. The van der Waals surface area contributed by atoms with Crippen LogP contribution in [0.1, 0.15) is 42.4 Å². The molecule has 0 aromatic heterocycles. The summed E-state index contributed by atoms with van der Waals surface area (Å²) < 4.78 is 67.0. The van der Waals surface area contributed by atoms with Gasteiger partial charge in [-0.05, 0) is 90.1 Å². The van der Waals surface area contributed by atoms with Crippen LogP contribution in [0.15, 0.2) is 47.4 Å². The fourth-order valence-electron chi connectivity index (χ4n) is 4.14. The molecule has 3 nitrogen and oxygen atoms in total. The highest BCUT2D eigenvalue weighted by Crippen LogP contribution is 2.63. The van der Waals surface area contributed by atoms with Crippen LogP contribution in [0.4, 0.5) is 13.2 Å². The van der Waals surface area contributed by atoms with Gasteiger partial charge in [-0.3, -0.25) is 0 Å². The number of benzene rings is 2. The van der Waals surface area contributed by atoms with Crippen LogP contribution >= 0.6 is 0 Å². The normalized spacial score (nSPS) is 18.4. The Hall–Kier alpha value is -2.28. The molecule has 29 heavy (non-hydrogen) atoms. The minimum atomic E-state index is -5.34. The summed E-state index contributed by atoms with van der Waals surface area (Å²) in [5, 5.41) is 0. The quantitative estimate of drug-likeness (QED) is 0.627. The average molecular weight is 422 g/mol. The summed E-state index contributed by atoms with van der Waals surface area (Å²) in [7, 11) is -3.71. The van der Waals surface area contributed by atoms with Crippen molar-refractivity contribution in [2.45, 2.75) is 43.0 Å². The average Bonchev–Trinajstić information content (AvgIpc) is 3.31. The molecule has 2 aliphatic carbocycles. The summed E-state index contributed by atoms with van der Waals surface area (Å²) >= 11 is 0. The lowest BCUT2D eigenvalue weighted by atomic mass is 9.96. The first-order chi connectivity index (χ1) is 13.6. The fourth-order valence-corrected chi connectivity index (χ4v) is 4.91. The van der Waals surface area contributed by atoms with Crippen LogP contribution in [0.25, 0.3) is 11.1 Å². The third-order valence-corrected chi connectivity index (χ3v) is 7.49. The van der Waals surface area contributed by atoms with E-state index in [2.05, 4.69) is 6.07 Å². The van der Waals surface area contributed by atoms with Crippen LogP contribution in [0, 0.1) is 12.3 Å². The molecule has 4 rings (SSSR count). The van der Waals surface area contributed by atoms with Crippen LogP contribution in [-0.2, 0) is 9.84 Å². The van der Waals surface area contributed by atoms with Crippen LogP contribution in [0.5, 0.6) is 5.75 Å². The maximum atomic E-state index is 12.8. The van der Waals surface area contributed by atoms with Crippen molar-refractivity contribution in [3.63, 3.8) is 0 Å². The zero-order valence-corrected chi connectivity index (χ0v) is 17.0. The fraction of sp³-hybridized carbons (Fsp3) is 0.364. The number of alkyl halides is 3. The van der Waals surface area contributed by atoms with Crippen LogP contribution < -0.4 is 4.74 Å². The van der Waals surface area contributed by atoms with E-state index in [0.717, 1.165) is 65.8 Å². The molecule has 154 valence electrons. The molecular formula is C22H21F3O3S. The van der Waals surface area contributed by atoms with Gasteiger partial charge < -0.3 is 4.74 Å². The lowest BCUT2D eigenvalue weighted by molar-refractivity contribution is -0.0436. The Balaban J connectivity index is 1.75. The molecule has 0 amide bonds. The topological polar surface area (TPSA) is 43.4 Å². The molecule has 0 radical (unpaired) electrons. The number of hydrogen-bond acceptors (Lipinski definition) is 3. The van der Waals surface area contributed by atoms with Gasteiger partial charge in [-0.25, -0.2) is 8.42 Å². The van der Waals surface area contributed by atoms with E-state index in [4.69, 9.17) is 4.74 Å². The van der Waals surface area contributed by atoms with E-state index in [1.807, 2.05) is 19.1 Å². The highest BCUT2D eigenvalue weighted by Gasteiger charge is 2.49. The van der Waals surface area contributed by atoms with Crippen molar-refractivity contribution in [2.75, 3.05) is 7.11 Å². The van der Waals surface area contributed by atoms with Crippen molar-refractivity contribution in [3.8, 4) is 5.75 Å². The Morgan fingerprint density at radius 2 is 1.48 bits per heavy atom. The Bertz CT molecular complexity index is 1090. The summed E-state index contributed by atoms with van der Waals surface area (Å²) in [6.07, 6.45) is 4.06. The highest BCUT2D eigenvalue weighted by molar-refractivity contribution is 7.92. The number of sulfone groups is 1. The van der Waals surface area contributed by atoms with E-state index in [-0.39, 0.29) is 5.41 Å². The van der Waals surface area contributed by atoms with Crippen molar-refractivity contribution in [1.82, 2.24) is 0 Å². The van der Waals surface area contributed by atoms with Crippen molar-refractivity contribution < 1.29 is 26.3 Å². The molecule has 2 aromatic rings. The molecule has 1 spiro atoms. The third kappa shape index (κ3) is 3.45. The predicted molar refractivity (Wildman–Crippen MR) is 105 cm³/mol. The van der Waals surface area contributed by atoms with Crippen LogP contribution in [-0.4, -0.2) is 21.0 Å². The molecule has 0 heterocycles. The molecule has 1 saturated carbocycles. The lowest BCUT2D eigenvalue weighted by Crippen LogP contribution is -2.23. The predicted octanol–water partition coefficient (Wildman–Crippen LogP) is 5.78. The van der Waals surface area contributed by atoms with Gasteiger partial charge in [0, 0.05) is 0 Å². The van der Waals surface area contributed by atoms with Gasteiger partial charge >= 0.3 is 5.51 Å². The Morgan fingerprint density at radius 1 is 0.931 bits per heavy atom. The summed E-state index contributed by atoms with van der Waals surface area (Å²) in [4.78, 5) is -0.727. The van der Waals surface area contributed by atoms with Crippen LogP contribution in [0.2, 0.25) is 0 Å². The SMILES string of the molecule is COc1ccc(C2=C(c3ccc(S(=O)(=O)C(F)(F)F)cc3)CC3(CC3)C2)cc1C. The Morgan fingerprint density at radius 3 is 1.97 bits per heavy atom. The number of ether oxygens (including phenoxy) is 1. The minimum absolute atomic E-state index is 0.245. The molecule has 0 bridgehead atoms. The van der Waals surface area contributed by atoms with Gasteiger partial charge in [0.15, 0.2) is 0 Å². The summed E-state index contributed by atoms with van der Waals surface area (Å²) in [6.45, 7) is 1.97. The van der Waals surface area contributed by atoms with Crippen molar-refractivity contribution in [3.05, 3.63) is 59.2 Å². The number of hydrogen-bond donors (Lipinski definition) is 0. The second-order valence-electron chi connectivity index (χ2n) is 7.97. The Kier molecular flexibility index (Phi) is 4.57. The van der Waals surface area contributed by atoms with Crippen molar-refractivity contribution >= 4 is 21.0 Å². The standard InChI is InChI=1S/C22H21F3O3S/c1-14-11-16(5-8-20(14)28-2)19-13-21(9-10-21)12-18(19)15-3-6-17(7-4-15)29(26,27)22(23,24)25/h3-8,11H,9-10,12-13H2,1-2H3. The van der Waals surface area contributed by atoms with Gasteiger partial charge in [-0.15, -0.1) is 0 Å². The first kappa shape index (κ1) is 20.0. The number of halogens is 3. The maximum absolute atomic E-state index is 12.8. The van der Waals surface area contributed by atoms with E-state index >= 15 is 0 Å². The largest absolute Gasteiger partial charge is 0.501 e. The molecule has 0 atom stereocenters. The number of methoxy groups -OCH3 is 1. The van der Waals surface area contributed by atoms with E-state index < -0.39 is 20.2 Å². The zero-order chi connectivity index (χ0) is 21.0. The molecule has 0 N–H and O–H groups in total. The van der Waals surface area contributed by atoms with Gasteiger partial charge in [-0.1, -0.05) is 18.2 Å². The highest BCUT2D eigenvalue weighted by atomic mass is 32.2. The smallest absolute Gasteiger partial charge is 0.496 e. The molecule has 0 aliphatic heterocycles. The molecule has 0 saturated heterocycles. The monoisotopic (exact) mass is 422 g/mol.